The van der Waals surface area contributed by atoms with E-state index in [0.29, 0.717) is 23.8 Å². The number of aliphatic hydroxyl groups excluding tert-OH is 1. The standard InChI is InChI=1S/C14H17N3O4/c1-21-9-10(5-7-18)16-13-2-3-14(17(19)20)11-4-6-15-8-12(11)13/h2-4,6,8,10,16,18H,5,7,9H2,1H3. The van der Waals surface area contributed by atoms with E-state index in [1.165, 1.54) is 12.3 Å². The van der Waals surface area contributed by atoms with Crippen LogP contribution in [0.15, 0.2) is 30.6 Å². The maximum Gasteiger partial charge on any atom is 0.277 e. The fourth-order valence-electron chi connectivity index (χ4n) is 2.23. The first-order valence-electron chi connectivity index (χ1n) is 6.54. The van der Waals surface area contributed by atoms with Gasteiger partial charge in [0.15, 0.2) is 0 Å². The third kappa shape index (κ3) is 3.45. The highest BCUT2D eigenvalue weighted by Crippen LogP contribution is 2.31. The van der Waals surface area contributed by atoms with Gasteiger partial charge in [-0.05, 0) is 18.6 Å². The van der Waals surface area contributed by atoms with Gasteiger partial charge in [0.25, 0.3) is 5.69 Å². The van der Waals surface area contributed by atoms with Crippen molar-refractivity contribution >= 4 is 22.1 Å². The molecule has 0 radical (unpaired) electrons. The van der Waals surface area contributed by atoms with Gasteiger partial charge in [-0.2, -0.15) is 0 Å². The zero-order valence-corrected chi connectivity index (χ0v) is 11.7. The predicted octanol–water partition coefficient (Wildman–Crippen LogP) is 1.95. The number of non-ortho nitro benzene ring substituents is 1. The Hall–Kier alpha value is -2.25. The molecule has 0 bridgehead atoms. The van der Waals surface area contributed by atoms with Gasteiger partial charge in [0.1, 0.15) is 0 Å². The summed E-state index contributed by atoms with van der Waals surface area (Å²) in [6.45, 7) is 0.462. The molecule has 0 aliphatic carbocycles. The van der Waals surface area contributed by atoms with Crippen molar-refractivity contribution in [3.63, 3.8) is 0 Å². The van der Waals surface area contributed by atoms with E-state index in [2.05, 4.69) is 10.3 Å². The van der Waals surface area contributed by atoms with Gasteiger partial charge in [0.05, 0.1) is 23.0 Å². The lowest BCUT2D eigenvalue weighted by Crippen LogP contribution is -2.26. The number of rotatable bonds is 7. The van der Waals surface area contributed by atoms with Crippen LogP contribution in [0.1, 0.15) is 6.42 Å². The molecule has 0 fully saturated rings. The molecule has 112 valence electrons. The van der Waals surface area contributed by atoms with Crippen molar-refractivity contribution in [1.29, 1.82) is 0 Å². The monoisotopic (exact) mass is 291 g/mol. The summed E-state index contributed by atoms with van der Waals surface area (Å²) in [5.74, 6) is 0. The molecule has 0 saturated heterocycles. The molecule has 2 rings (SSSR count). The van der Waals surface area contributed by atoms with Gasteiger partial charge < -0.3 is 15.2 Å². The number of hydrogen-bond acceptors (Lipinski definition) is 6. The van der Waals surface area contributed by atoms with Gasteiger partial charge in [-0.25, -0.2) is 0 Å². The number of hydrogen-bond donors (Lipinski definition) is 2. The minimum absolute atomic E-state index is 0.0319. The fourth-order valence-corrected chi connectivity index (χ4v) is 2.23. The predicted molar refractivity (Wildman–Crippen MR) is 79.4 cm³/mol. The number of ether oxygens (including phenoxy) is 1. The second-order valence-electron chi connectivity index (χ2n) is 4.62. The smallest absolute Gasteiger partial charge is 0.277 e. The number of anilines is 1. The van der Waals surface area contributed by atoms with Crippen LogP contribution in [-0.4, -0.2) is 41.4 Å². The highest BCUT2D eigenvalue weighted by Gasteiger charge is 2.16. The van der Waals surface area contributed by atoms with Crippen LogP contribution in [0.2, 0.25) is 0 Å². The molecule has 0 spiro atoms. The van der Waals surface area contributed by atoms with Gasteiger partial charge in [-0.3, -0.25) is 15.1 Å². The van der Waals surface area contributed by atoms with Crippen LogP contribution in [0.5, 0.6) is 0 Å². The van der Waals surface area contributed by atoms with E-state index in [1.807, 2.05) is 0 Å². The van der Waals surface area contributed by atoms with E-state index < -0.39 is 4.92 Å². The molecule has 1 aromatic heterocycles. The summed E-state index contributed by atoms with van der Waals surface area (Å²) < 4.78 is 5.11. The Labute approximate surface area is 121 Å². The van der Waals surface area contributed by atoms with Crippen LogP contribution in [0.4, 0.5) is 11.4 Å². The van der Waals surface area contributed by atoms with E-state index in [-0.39, 0.29) is 18.3 Å². The van der Waals surface area contributed by atoms with Crippen LogP contribution in [-0.2, 0) is 4.74 Å². The van der Waals surface area contributed by atoms with E-state index >= 15 is 0 Å². The lowest BCUT2D eigenvalue weighted by Gasteiger charge is -2.19. The Morgan fingerprint density at radius 2 is 2.24 bits per heavy atom. The molecule has 1 aromatic carbocycles. The molecule has 0 aliphatic heterocycles. The second kappa shape index (κ2) is 6.96. The molecule has 1 atom stereocenters. The highest BCUT2D eigenvalue weighted by molar-refractivity contribution is 5.99. The molecule has 2 N–H and O–H groups in total. The summed E-state index contributed by atoms with van der Waals surface area (Å²) in [5, 5.41) is 24.6. The molecule has 1 heterocycles. The first-order chi connectivity index (χ1) is 10.2. The van der Waals surface area contributed by atoms with Crippen LogP contribution in [0.25, 0.3) is 10.8 Å². The van der Waals surface area contributed by atoms with Crippen molar-refractivity contribution in [1.82, 2.24) is 4.98 Å². The lowest BCUT2D eigenvalue weighted by molar-refractivity contribution is -0.383. The third-order valence-electron chi connectivity index (χ3n) is 3.20. The number of aliphatic hydroxyl groups is 1. The van der Waals surface area contributed by atoms with E-state index in [9.17, 15) is 10.1 Å². The van der Waals surface area contributed by atoms with Crippen molar-refractivity contribution in [3.05, 3.63) is 40.7 Å². The maximum atomic E-state index is 11.1. The fraction of sp³-hybridized carbons (Fsp3) is 0.357. The summed E-state index contributed by atoms with van der Waals surface area (Å²) in [7, 11) is 1.58. The summed E-state index contributed by atoms with van der Waals surface area (Å²) in [6.07, 6.45) is 3.64. The minimum atomic E-state index is -0.410. The number of nitro groups is 1. The first kappa shape index (κ1) is 15.1. The molecule has 0 aliphatic rings. The molecule has 0 saturated carbocycles. The van der Waals surface area contributed by atoms with Gasteiger partial charge in [0, 0.05) is 43.3 Å². The zero-order valence-electron chi connectivity index (χ0n) is 11.7. The average Bonchev–Trinajstić information content (AvgIpc) is 2.47. The Kier molecular flexibility index (Phi) is 5.02. The van der Waals surface area contributed by atoms with E-state index in [4.69, 9.17) is 9.84 Å². The summed E-state index contributed by atoms with van der Waals surface area (Å²) >= 11 is 0. The van der Waals surface area contributed by atoms with Crippen molar-refractivity contribution in [3.8, 4) is 0 Å². The average molecular weight is 291 g/mol. The Bertz CT molecular complexity index is 627. The molecular formula is C14H17N3O4. The SMILES string of the molecule is COCC(CCO)Nc1ccc([N+](=O)[O-])c2ccncc12. The van der Waals surface area contributed by atoms with Gasteiger partial charge >= 0.3 is 0 Å². The van der Waals surface area contributed by atoms with E-state index in [0.717, 1.165) is 5.69 Å². The highest BCUT2D eigenvalue weighted by atomic mass is 16.6. The Morgan fingerprint density at radius 1 is 1.43 bits per heavy atom. The molecule has 7 nitrogen and oxygen atoms in total. The van der Waals surface area contributed by atoms with Crippen molar-refractivity contribution in [2.24, 2.45) is 0 Å². The number of pyridine rings is 1. The topological polar surface area (TPSA) is 97.5 Å². The quantitative estimate of drug-likeness (QED) is 0.597. The zero-order chi connectivity index (χ0) is 15.2. The number of fused-ring (bicyclic) bond motifs is 1. The van der Waals surface area contributed by atoms with Crippen LogP contribution >= 0.6 is 0 Å². The molecule has 2 aromatic rings. The number of nitro benzene ring substituents is 1. The normalized spacial score (nSPS) is 12.3. The van der Waals surface area contributed by atoms with Crippen LogP contribution < -0.4 is 5.32 Å². The number of nitrogens with zero attached hydrogens (tertiary/aromatic N) is 2. The third-order valence-corrected chi connectivity index (χ3v) is 3.20. The molecule has 21 heavy (non-hydrogen) atoms. The summed E-state index contributed by atoms with van der Waals surface area (Å²) in [6, 6.07) is 4.66. The Balaban J connectivity index is 2.40. The van der Waals surface area contributed by atoms with Crippen LogP contribution in [0.3, 0.4) is 0 Å². The van der Waals surface area contributed by atoms with Gasteiger partial charge in [-0.15, -0.1) is 0 Å². The lowest BCUT2D eigenvalue weighted by atomic mass is 10.1. The number of nitrogens with one attached hydrogen (secondary N) is 1. The molecule has 1 unspecified atom stereocenters. The number of methoxy groups -OCH3 is 1. The molecule has 7 heteroatoms. The van der Waals surface area contributed by atoms with Gasteiger partial charge in [-0.1, -0.05) is 0 Å². The van der Waals surface area contributed by atoms with Crippen molar-refractivity contribution < 1.29 is 14.8 Å². The summed E-state index contributed by atoms with van der Waals surface area (Å²) in [4.78, 5) is 14.7. The van der Waals surface area contributed by atoms with Crippen molar-refractivity contribution in [2.45, 2.75) is 12.5 Å². The number of benzene rings is 1. The molecular weight excluding hydrogens is 274 g/mol. The second-order valence-corrected chi connectivity index (χ2v) is 4.62. The number of aromatic nitrogens is 1. The minimum Gasteiger partial charge on any atom is -0.396 e. The Morgan fingerprint density at radius 3 is 2.90 bits per heavy atom. The maximum absolute atomic E-state index is 11.1. The first-order valence-corrected chi connectivity index (χ1v) is 6.54. The van der Waals surface area contributed by atoms with Gasteiger partial charge in [0.2, 0.25) is 0 Å². The van der Waals surface area contributed by atoms with E-state index in [1.54, 1.807) is 25.4 Å². The molecule has 0 amide bonds. The van der Waals surface area contributed by atoms with Crippen molar-refractivity contribution in [2.75, 3.05) is 25.6 Å². The van der Waals surface area contributed by atoms with Crippen LogP contribution in [0, 0.1) is 10.1 Å². The summed E-state index contributed by atoms with van der Waals surface area (Å²) in [5.41, 5.74) is 0.780. The largest absolute Gasteiger partial charge is 0.396 e.